The van der Waals surface area contributed by atoms with Crippen LogP contribution < -0.4 is 4.90 Å². The Kier molecular flexibility index (Phi) is 2.23. The van der Waals surface area contributed by atoms with E-state index in [-0.39, 0.29) is 12.1 Å². The predicted molar refractivity (Wildman–Crippen MR) is 53.9 cm³/mol. The van der Waals surface area contributed by atoms with Crippen LogP contribution in [0, 0.1) is 0 Å². The van der Waals surface area contributed by atoms with Gasteiger partial charge in [-0.25, -0.2) is 0 Å². The van der Waals surface area contributed by atoms with Gasteiger partial charge >= 0.3 is 0 Å². The Labute approximate surface area is 78.8 Å². The molecule has 2 rings (SSSR count). The normalized spacial score (nSPS) is 28.0. The van der Waals surface area contributed by atoms with Crippen LogP contribution in [0.15, 0.2) is 30.3 Å². The summed E-state index contributed by atoms with van der Waals surface area (Å²) in [5, 5.41) is 9.59. The van der Waals surface area contributed by atoms with Crippen LogP contribution in [0.2, 0.25) is 0 Å². The standard InChI is InChI=1S/C11H15NO/c1-9-11(13)7-8-12(9)10-5-3-2-4-6-10/h2-6,9,11,13H,7-8H2,1H3. The van der Waals surface area contributed by atoms with Gasteiger partial charge in [0, 0.05) is 12.2 Å². The molecule has 70 valence electrons. The summed E-state index contributed by atoms with van der Waals surface area (Å²) in [5.41, 5.74) is 1.21. The van der Waals surface area contributed by atoms with E-state index in [4.69, 9.17) is 0 Å². The Balaban J connectivity index is 2.19. The molecule has 1 aliphatic heterocycles. The molecule has 1 aromatic carbocycles. The van der Waals surface area contributed by atoms with E-state index in [2.05, 4.69) is 24.0 Å². The van der Waals surface area contributed by atoms with E-state index in [9.17, 15) is 5.11 Å². The molecule has 1 aromatic rings. The first-order valence-electron chi connectivity index (χ1n) is 4.79. The van der Waals surface area contributed by atoms with Crippen molar-refractivity contribution in [2.45, 2.75) is 25.5 Å². The Morgan fingerprint density at radius 3 is 2.54 bits per heavy atom. The van der Waals surface area contributed by atoms with Crippen molar-refractivity contribution in [3.8, 4) is 0 Å². The molecule has 0 aliphatic carbocycles. The van der Waals surface area contributed by atoms with E-state index in [0.717, 1.165) is 13.0 Å². The summed E-state index contributed by atoms with van der Waals surface area (Å²) in [6.45, 7) is 3.04. The number of aliphatic hydroxyl groups excluding tert-OH is 1. The molecule has 0 saturated carbocycles. The molecule has 2 atom stereocenters. The number of rotatable bonds is 1. The van der Waals surface area contributed by atoms with Gasteiger partial charge in [-0.05, 0) is 25.5 Å². The molecule has 2 heteroatoms. The fourth-order valence-electron chi connectivity index (χ4n) is 1.91. The summed E-state index contributed by atoms with van der Waals surface area (Å²) < 4.78 is 0. The largest absolute Gasteiger partial charge is 0.391 e. The van der Waals surface area contributed by atoms with Crippen LogP contribution in [0.3, 0.4) is 0 Å². The zero-order valence-electron chi connectivity index (χ0n) is 7.85. The summed E-state index contributed by atoms with van der Waals surface area (Å²) in [4.78, 5) is 2.25. The summed E-state index contributed by atoms with van der Waals surface area (Å²) in [6, 6.07) is 10.5. The number of para-hydroxylation sites is 1. The van der Waals surface area contributed by atoms with Gasteiger partial charge in [0.1, 0.15) is 0 Å². The molecule has 1 heterocycles. The third-order valence-corrected chi connectivity index (χ3v) is 2.80. The molecule has 2 nitrogen and oxygen atoms in total. The molecule has 1 saturated heterocycles. The SMILES string of the molecule is CC1C(O)CCN1c1ccccc1. The minimum absolute atomic E-state index is 0.166. The van der Waals surface area contributed by atoms with Crippen LogP contribution in [0.25, 0.3) is 0 Å². The van der Waals surface area contributed by atoms with Gasteiger partial charge in [-0.2, -0.15) is 0 Å². The molecular formula is C11H15NO. The van der Waals surface area contributed by atoms with Crippen molar-refractivity contribution in [3.63, 3.8) is 0 Å². The number of anilines is 1. The molecule has 0 radical (unpaired) electrons. The zero-order chi connectivity index (χ0) is 9.26. The van der Waals surface area contributed by atoms with Crippen molar-refractivity contribution in [3.05, 3.63) is 30.3 Å². The van der Waals surface area contributed by atoms with E-state index >= 15 is 0 Å². The highest BCUT2D eigenvalue weighted by Gasteiger charge is 2.28. The third-order valence-electron chi connectivity index (χ3n) is 2.80. The van der Waals surface area contributed by atoms with Crippen LogP contribution >= 0.6 is 0 Å². The van der Waals surface area contributed by atoms with Crippen molar-refractivity contribution < 1.29 is 5.11 Å². The molecule has 2 unspecified atom stereocenters. The van der Waals surface area contributed by atoms with Crippen molar-refractivity contribution in [2.24, 2.45) is 0 Å². The van der Waals surface area contributed by atoms with E-state index in [1.54, 1.807) is 0 Å². The number of hydrogen-bond acceptors (Lipinski definition) is 2. The van der Waals surface area contributed by atoms with E-state index in [0.29, 0.717) is 0 Å². The predicted octanol–water partition coefficient (Wildman–Crippen LogP) is 1.65. The highest BCUT2D eigenvalue weighted by molar-refractivity contribution is 5.48. The van der Waals surface area contributed by atoms with Gasteiger partial charge in [0.2, 0.25) is 0 Å². The Morgan fingerprint density at radius 2 is 2.00 bits per heavy atom. The average Bonchev–Trinajstić information content (AvgIpc) is 2.49. The maximum Gasteiger partial charge on any atom is 0.0757 e. The fraction of sp³-hybridized carbons (Fsp3) is 0.455. The average molecular weight is 177 g/mol. The smallest absolute Gasteiger partial charge is 0.0757 e. The van der Waals surface area contributed by atoms with Crippen molar-refractivity contribution in [1.82, 2.24) is 0 Å². The van der Waals surface area contributed by atoms with Gasteiger partial charge in [-0.3, -0.25) is 0 Å². The minimum Gasteiger partial charge on any atom is -0.391 e. The molecule has 0 spiro atoms. The summed E-state index contributed by atoms with van der Waals surface area (Å²) in [5.74, 6) is 0. The Hall–Kier alpha value is -1.02. The molecule has 1 N–H and O–H groups in total. The first-order valence-corrected chi connectivity index (χ1v) is 4.79. The van der Waals surface area contributed by atoms with Crippen LogP contribution in [0.4, 0.5) is 5.69 Å². The van der Waals surface area contributed by atoms with Gasteiger partial charge in [-0.1, -0.05) is 18.2 Å². The summed E-state index contributed by atoms with van der Waals surface area (Å²) >= 11 is 0. The number of hydrogen-bond donors (Lipinski definition) is 1. The number of benzene rings is 1. The second-order valence-corrected chi connectivity index (χ2v) is 3.63. The first kappa shape index (κ1) is 8.57. The minimum atomic E-state index is -0.166. The summed E-state index contributed by atoms with van der Waals surface area (Å²) in [6.07, 6.45) is 0.719. The van der Waals surface area contributed by atoms with Gasteiger partial charge in [0.25, 0.3) is 0 Å². The summed E-state index contributed by atoms with van der Waals surface area (Å²) in [7, 11) is 0. The lowest BCUT2D eigenvalue weighted by atomic mass is 10.2. The Bertz CT molecular complexity index is 273. The van der Waals surface area contributed by atoms with E-state index < -0.39 is 0 Å². The lowest BCUT2D eigenvalue weighted by Crippen LogP contribution is -2.31. The third kappa shape index (κ3) is 1.54. The number of aliphatic hydroxyl groups is 1. The second kappa shape index (κ2) is 3.38. The molecule has 1 aliphatic rings. The molecule has 1 fully saturated rings. The lowest BCUT2D eigenvalue weighted by Gasteiger charge is -2.24. The Morgan fingerprint density at radius 1 is 1.31 bits per heavy atom. The maximum atomic E-state index is 9.59. The fourth-order valence-corrected chi connectivity index (χ4v) is 1.91. The molecular weight excluding hydrogens is 162 g/mol. The first-order chi connectivity index (χ1) is 6.29. The zero-order valence-corrected chi connectivity index (χ0v) is 7.85. The van der Waals surface area contributed by atoms with E-state index in [1.165, 1.54) is 5.69 Å². The highest BCUT2D eigenvalue weighted by atomic mass is 16.3. The monoisotopic (exact) mass is 177 g/mol. The molecule has 0 aromatic heterocycles. The van der Waals surface area contributed by atoms with Crippen molar-refractivity contribution in [2.75, 3.05) is 11.4 Å². The topological polar surface area (TPSA) is 23.5 Å². The van der Waals surface area contributed by atoms with Gasteiger partial charge < -0.3 is 10.0 Å². The van der Waals surface area contributed by atoms with Gasteiger partial charge in [0.05, 0.1) is 12.1 Å². The van der Waals surface area contributed by atoms with Crippen LogP contribution in [0.5, 0.6) is 0 Å². The molecule has 13 heavy (non-hydrogen) atoms. The van der Waals surface area contributed by atoms with Crippen LogP contribution in [0.1, 0.15) is 13.3 Å². The van der Waals surface area contributed by atoms with Gasteiger partial charge in [0.15, 0.2) is 0 Å². The molecule has 0 amide bonds. The number of nitrogens with zero attached hydrogens (tertiary/aromatic N) is 1. The van der Waals surface area contributed by atoms with Crippen molar-refractivity contribution >= 4 is 5.69 Å². The second-order valence-electron chi connectivity index (χ2n) is 3.63. The highest BCUT2D eigenvalue weighted by Crippen LogP contribution is 2.24. The maximum absolute atomic E-state index is 9.59. The van der Waals surface area contributed by atoms with Crippen molar-refractivity contribution in [1.29, 1.82) is 0 Å². The quantitative estimate of drug-likeness (QED) is 0.705. The van der Waals surface area contributed by atoms with Gasteiger partial charge in [-0.15, -0.1) is 0 Å². The lowest BCUT2D eigenvalue weighted by molar-refractivity contribution is 0.170. The molecule has 0 bridgehead atoms. The van der Waals surface area contributed by atoms with Crippen LogP contribution in [-0.2, 0) is 0 Å². The van der Waals surface area contributed by atoms with Crippen LogP contribution in [-0.4, -0.2) is 23.8 Å². The van der Waals surface area contributed by atoms with E-state index in [1.807, 2.05) is 18.2 Å².